The van der Waals surface area contributed by atoms with Crippen LogP contribution in [0.5, 0.6) is 0 Å². The molecule has 0 aromatic heterocycles. The molecular formula is C8H13BrN2O. The first kappa shape index (κ1) is 9.74. The highest BCUT2D eigenvalue weighted by Gasteiger charge is 2.10. The lowest BCUT2D eigenvalue weighted by Gasteiger charge is -2.12. The van der Waals surface area contributed by atoms with E-state index in [0.29, 0.717) is 5.70 Å². The smallest absolute Gasteiger partial charge is 0.0837 e. The molecule has 0 saturated heterocycles. The van der Waals surface area contributed by atoms with E-state index in [1.165, 1.54) is 0 Å². The number of hydrogen-bond donors (Lipinski definition) is 2. The number of aliphatic hydroxyl groups is 1. The number of rotatable bonds is 2. The second kappa shape index (κ2) is 4.62. The summed E-state index contributed by atoms with van der Waals surface area (Å²) >= 11 is 3.33. The number of allylic oxidation sites excluding steroid dienone is 1. The van der Waals surface area contributed by atoms with Crippen LogP contribution in [-0.2, 0) is 0 Å². The van der Waals surface area contributed by atoms with Crippen LogP contribution in [0.4, 0.5) is 0 Å². The van der Waals surface area contributed by atoms with Gasteiger partial charge in [-0.3, -0.25) is 4.99 Å². The first-order chi connectivity index (χ1) is 5.75. The molecule has 3 nitrogen and oxygen atoms in total. The minimum atomic E-state index is -0.112. The molecule has 0 atom stereocenters. The van der Waals surface area contributed by atoms with E-state index in [1.807, 2.05) is 0 Å². The van der Waals surface area contributed by atoms with Crippen LogP contribution in [0.3, 0.4) is 0 Å². The van der Waals surface area contributed by atoms with Gasteiger partial charge in [-0.1, -0.05) is 0 Å². The van der Waals surface area contributed by atoms with Gasteiger partial charge in [0.1, 0.15) is 0 Å². The third kappa shape index (κ3) is 2.32. The molecule has 0 saturated carbocycles. The highest BCUT2D eigenvalue weighted by molar-refractivity contribution is 9.12. The third-order valence-electron chi connectivity index (χ3n) is 1.83. The van der Waals surface area contributed by atoms with Crippen molar-refractivity contribution in [2.45, 2.75) is 19.3 Å². The molecule has 0 bridgehead atoms. The molecule has 0 radical (unpaired) electrons. The van der Waals surface area contributed by atoms with Gasteiger partial charge in [0.15, 0.2) is 0 Å². The Hall–Kier alpha value is -0.350. The molecule has 4 heteroatoms. The van der Waals surface area contributed by atoms with Crippen LogP contribution in [0.1, 0.15) is 19.3 Å². The molecule has 0 aliphatic carbocycles. The van der Waals surface area contributed by atoms with Crippen molar-refractivity contribution in [2.75, 3.05) is 13.2 Å². The summed E-state index contributed by atoms with van der Waals surface area (Å²) in [4.78, 5) is 4.32. The molecule has 0 aromatic rings. The zero-order chi connectivity index (χ0) is 8.97. The fraction of sp³-hybridized carbons (Fsp3) is 0.625. The van der Waals surface area contributed by atoms with Gasteiger partial charge in [-0.25, -0.2) is 0 Å². The van der Waals surface area contributed by atoms with E-state index in [1.54, 1.807) is 0 Å². The van der Waals surface area contributed by atoms with Crippen LogP contribution in [0, 0.1) is 0 Å². The van der Waals surface area contributed by atoms with Crippen molar-refractivity contribution in [3.8, 4) is 0 Å². The van der Waals surface area contributed by atoms with Crippen LogP contribution in [0.25, 0.3) is 0 Å². The number of nitrogens with zero attached hydrogens (tertiary/aromatic N) is 1. The molecule has 0 unspecified atom stereocenters. The van der Waals surface area contributed by atoms with Crippen molar-refractivity contribution in [3.63, 3.8) is 0 Å². The Balaban J connectivity index is 2.74. The van der Waals surface area contributed by atoms with E-state index < -0.39 is 0 Å². The van der Waals surface area contributed by atoms with E-state index in [0.717, 1.165) is 36.0 Å². The third-order valence-corrected chi connectivity index (χ3v) is 2.80. The lowest BCUT2D eigenvalue weighted by atomic mass is 10.1. The van der Waals surface area contributed by atoms with Crippen LogP contribution in [-0.4, -0.2) is 24.0 Å². The molecule has 3 N–H and O–H groups in total. The lowest BCUT2D eigenvalue weighted by Crippen LogP contribution is -2.13. The zero-order valence-corrected chi connectivity index (χ0v) is 8.47. The summed E-state index contributed by atoms with van der Waals surface area (Å²) in [5.74, 6) is 0. The van der Waals surface area contributed by atoms with Gasteiger partial charge in [0, 0.05) is 6.54 Å². The summed E-state index contributed by atoms with van der Waals surface area (Å²) in [7, 11) is 0. The molecular weight excluding hydrogens is 220 g/mol. The topological polar surface area (TPSA) is 58.6 Å². The van der Waals surface area contributed by atoms with Crippen molar-refractivity contribution < 1.29 is 5.11 Å². The Morgan fingerprint density at radius 3 is 2.83 bits per heavy atom. The van der Waals surface area contributed by atoms with Crippen molar-refractivity contribution in [1.29, 1.82) is 0 Å². The van der Waals surface area contributed by atoms with Crippen molar-refractivity contribution in [3.05, 3.63) is 10.2 Å². The minimum absolute atomic E-state index is 0.112. The van der Waals surface area contributed by atoms with Crippen LogP contribution >= 0.6 is 15.9 Å². The molecule has 1 aliphatic rings. The Kier molecular flexibility index (Phi) is 3.75. The summed E-state index contributed by atoms with van der Waals surface area (Å²) in [6, 6.07) is 0. The molecule has 1 rings (SSSR count). The average molecular weight is 233 g/mol. The van der Waals surface area contributed by atoms with Gasteiger partial charge in [-0.15, -0.1) is 0 Å². The number of aliphatic hydroxyl groups excluding tert-OH is 1. The normalized spacial score (nSPS) is 20.0. The standard InChI is InChI=1S/C8H13BrN2O/c9-8(6(10)5-12)7-3-1-2-4-11-7/h12H,1-5,10H2. The number of halogens is 1. The second-order valence-corrected chi connectivity index (χ2v) is 3.58. The fourth-order valence-electron chi connectivity index (χ4n) is 1.13. The zero-order valence-electron chi connectivity index (χ0n) is 6.89. The quantitative estimate of drug-likeness (QED) is 0.752. The maximum Gasteiger partial charge on any atom is 0.0837 e. The summed E-state index contributed by atoms with van der Waals surface area (Å²) in [6.45, 7) is 0.767. The number of aliphatic imine (C=N–C) groups is 1. The predicted octanol–water partition coefficient (Wildman–Crippen LogP) is 1.17. The monoisotopic (exact) mass is 232 g/mol. The molecule has 0 fully saturated rings. The number of hydrogen-bond acceptors (Lipinski definition) is 3. The highest BCUT2D eigenvalue weighted by Crippen LogP contribution is 2.18. The molecule has 68 valence electrons. The Bertz CT molecular complexity index is 223. The van der Waals surface area contributed by atoms with Crippen LogP contribution in [0.2, 0.25) is 0 Å². The van der Waals surface area contributed by atoms with Crippen molar-refractivity contribution >= 4 is 21.6 Å². The predicted molar refractivity (Wildman–Crippen MR) is 53.4 cm³/mol. The molecule has 1 aliphatic heterocycles. The highest BCUT2D eigenvalue weighted by atomic mass is 79.9. The van der Waals surface area contributed by atoms with Gasteiger partial charge in [0.05, 0.1) is 22.5 Å². The maximum atomic E-state index is 8.77. The second-order valence-electron chi connectivity index (χ2n) is 2.78. The molecule has 0 aromatic carbocycles. The van der Waals surface area contributed by atoms with Gasteiger partial charge in [0.25, 0.3) is 0 Å². The molecule has 0 spiro atoms. The van der Waals surface area contributed by atoms with Crippen LogP contribution in [0.15, 0.2) is 15.2 Å². The largest absolute Gasteiger partial charge is 0.399 e. The maximum absolute atomic E-state index is 8.77. The van der Waals surface area contributed by atoms with Crippen molar-refractivity contribution in [1.82, 2.24) is 0 Å². The minimum Gasteiger partial charge on any atom is -0.399 e. The molecule has 0 amide bonds. The summed E-state index contributed by atoms with van der Waals surface area (Å²) in [5, 5.41) is 8.77. The summed E-state index contributed by atoms with van der Waals surface area (Å²) in [5.41, 5.74) is 7.01. The van der Waals surface area contributed by atoms with E-state index in [2.05, 4.69) is 20.9 Å². The van der Waals surface area contributed by atoms with Gasteiger partial charge in [-0.05, 0) is 35.2 Å². The van der Waals surface area contributed by atoms with Gasteiger partial charge < -0.3 is 10.8 Å². The summed E-state index contributed by atoms with van der Waals surface area (Å²) in [6.07, 6.45) is 3.27. The fourth-order valence-corrected chi connectivity index (χ4v) is 1.58. The number of nitrogens with two attached hydrogens (primary N) is 1. The SMILES string of the molecule is NC(CO)=C(Br)C1=NCCCC1. The van der Waals surface area contributed by atoms with Crippen molar-refractivity contribution in [2.24, 2.45) is 10.7 Å². The molecule has 1 heterocycles. The average Bonchev–Trinajstić information content (AvgIpc) is 2.17. The Labute approximate surface area is 80.5 Å². The van der Waals surface area contributed by atoms with E-state index >= 15 is 0 Å². The van der Waals surface area contributed by atoms with E-state index in [4.69, 9.17) is 10.8 Å². The van der Waals surface area contributed by atoms with Crippen LogP contribution < -0.4 is 5.73 Å². The van der Waals surface area contributed by atoms with E-state index in [9.17, 15) is 0 Å². The summed E-state index contributed by atoms with van der Waals surface area (Å²) < 4.78 is 0.782. The Morgan fingerprint density at radius 1 is 1.58 bits per heavy atom. The van der Waals surface area contributed by atoms with Gasteiger partial charge >= 0.3 is 0 Å². The Morgan fingerprint density at radius 2 is 2.33 bits per heavy atom. The van der Waals surface area contributed by atoms with E-state index in [-0.39, 0.29) is 6.61 Å². The molecule has 12 heavy (non-hydrogen) atoms. The lowest BCUT2D eigenvalue weighted by molar-refractivity contribution is 0.329. The van der Waals surface area contributed by atoms with Gasteiger partial charge in [-0.2, -0.15) is 0 Å². The first-order valence-electron chi connectivity index (χ1n) is 4.04. The van der Waals surface area contributed by atoms with Gasteiger partial charge in [0.2, 0.25) is 0 Å². The first-order valence-corrected chi connectivity index (χ1v) is 4.83.